The fourth-order valence-corrected chi connectivity index (χ4v) is 3.56. The van der Waals surface area contributed by atoms with Gasteiger partial charge in [0.1, 0.15) is 30.1 Å². The SMILES string of the molecule is C=CCc1cc(/C=C(/C#N)c2nc3ccc(F)cc3[nH]2)cc(OC)c1OCc1ccc(F)cc1. The molecule has 4 rings (SSSR count). The van der Waals surface area contributed by atoms with Gasteiger partial charge in [-0.3, -0.25) is 0 Å². The zero-order valence-corrected chi connectivity index (χ0v) is 18.4. The van der Waals surface area contributed by atoms with Crippen molar-refractivity contribution in [3.05, 3.63) is 101 Å². The quantitative estimate of drug-likeness (QED) is 0.252. The Morgan fingerprint density at radius 2 is 1.88 bits per heavy atom. The third-order valence-electron chi connectivity index (χ3n) is 5.17. The number of aromatic amines is 1. The summed E-state index contributed by atoms with van der Waals surface area (Å²) in [7, 11) is 1.53. The van der Waals surface area contributed by atoms with Crippen LogP contribution in [-0.4, -0.2) is 17.1 Å². The van der Waals surface area contributed by atoms with Crippen LogP contribution in [0.1, 0.15) is 22.5 Å². The molecule has 0 spiro atoms. The van der Waals surface area contributed by atoms with E-state index in [1.807, 2.05) is 6.07 Å². The Bertz CT molecular complexity index is 1420. The molecule has 1 aromatic heterocycles. The van der Waals surface area contributed by atoms with Crippen LogP contribution in [0.4, 0.5) is 8.78 Å². The molecule has 34 heavy (non-hydrogen) atoms. The van der Waals surface area contributed by atoms with E-state index in [9.17, 15) is 14.0 Å². The maximum atomic E-state index is 13.5. The molecule has 170 valence electrons. The summed E-state index contributed by atoms with van der Waals surface area (Å²) in [6.07, 6.45) is 3.92. The third-order valence-corrected chi connectivity index (χ3v) is 5.17. The average Bonchev–Trinajstić information content (AvgIpc) is 3.25. The highest BCUT2D eigenvalue weighted by molar-refractivity contribution is 5.90. The zero-order chi connectivity index (χ0) is 24.1. The van der Waals surface area contributed by atoms with Gasteiger partial charge in [0, 0.05) is 5.56 Å². The number of nitrogens with one attached hydrogen (secondary N) is 1. The van der Waals surface area contributed by atoms with E-state index in [1.54, 1.807) is 36.4 Å². The van der Waals surface area contributed by atoms with Gasteiger partial charge in [-0.2, -0.15) is 5.26 Å². The number of nitriles is 1. The number of aromatic nitrogens is 2. The lowest BCUT2D eigenvalue weighted by Crippen LogP contribution is -2.02. The first-order valence-corrected chi connectivity index (χ1v) is 10.5. The number of ether oxygens (including phenoxy) is 2. The lowest BCUT2D eigenvalue weighted by Gasteiger charge is -2.16. The van der Waals surface area contributed by atoms with Crippen molar-refractivity contribution >= 4 is 22.7 Å². The van der Waals surface area contributed by atoms with Crippen LogP contribution in [0.5, 0.6) is 11.5 Å². The van der Waals surface area contributed by atoms with E-state index in [4.69, 9.17) is 9.47 Å². The zero-order valence-electron chi connectivity index (χ0n) is 18.4. The Balaban J connectivity index is 1.69. The average molecular weight is 457 g/mol. The summed E-state index contributed by atoms with van der Waals surface area (Å²) in [6, 6.07) is 16.1. The molecule has 0 fully saturated rings. The second-order valence-corrected chi connectivity index (χ2v) is 7.54. The van der Waals surface area contributed by atoms with E-state index in [0.29, 0.717) is 40.3 Å². The monoisotopic (exact) mass is 457 g/mol. The van der Waals surface area contributed by atoms with E-state index in [0.717, 1.165) is 11.1 Å². The summed E-state index contributed by atoms with van der Waals surface area (Å²) in [6.45, 7) is 4.05. The van der Waals surface area contributed by atoms with Crippen molar-refractivity contribution in [3.63, 3.8) is 0 Å². The summed E-state index contributed by atoms with van der Waals surface area (Å²) >= 11 is 0. The summed E-state index contributed by atoms with van der Waals surface area (Å²) < 4.78 is 38.3. The fourth-order valence-electron chi connectivity index (χ4n) is 3.56. The minimum absolute atomic E-state index is 0.231. The lowest BCUT2D eigenvalue weighted by atomic mass is 10.0. The predicted molar refractivity (Wildman–Crippen MR) is 127 cm³/mol. The molecule has 0 aliphatic rings. The molecule has 0 amide bonds. The number of fused-ring (bicyclic) bond motifs is 1. The van der Waals surface area contributed by atoms with Gasteiger partial charge in [0.15, 0.2) is 11.5 Å². The molecule has 3 aromatic carbocycles. The van der Waals surface area contributed by atoms with Crippen molar-refractivity contribution in [2.24, 2.45) is 0 Å². The van der Waals surface area contributed by atoms with Crippen LogP contribution in [0.15, 0.2) is 67.3 Å². The highest BCUT2D eigenvalue weighted by atomic mass is 19.1. The Morgan fingerprint density at radius 3 is 2.59 bits per heavy atom. The van der Waals surface area contributed by atoms with Crippen LogP contribution in [0, 0.1) is 23.0 Å². The smallest absolute Gasteiger partial charge is 0.165 e. The van der Waals surface area contributed by atoms with Crippen molar-refractivity contribution in [1.29, 1.82) is 5.26 Å². The molecule has 0 radical (unpaired) electrons. The molecule has 7 heteroatoms. The molecule has 5 nitrogen and oxygen atoms in total. The Morgan fingerprint density at radius 1 is 1.12 bits per heavy atom. The number of hydrogen-bond acceptors (Lipinski definition) is 4. The van der Waals surface area contributed by atoms with Crippen molar-refractivity contribution in [1.82, 2.24) is 9.97 Å². The van der Waals surface area contributed by atoms with E-state index < -0.39 is 0 Å². The van der Waals surface area contributed by atoms with Crippen LogP contribution in [0.3, 0.4) is 0 Å². The minimum Gasteiger partial charge on any atom is -0.493 e. The number of allylic oxidation sites excluding steroid dienone is 2. The van der Waals surface area contributed by atoms with Crippen LogP contribution < -0.4 is 9.47 Å². The number of rotatable bonds is 8. The van der Waals surface area contributed by atoms with Gasteiger partial charge in [-0.05, 0) is 66.1 Å². The molecule has 1 heterocycles. The summed E-state index contributed by atoms with van der Waals surface area (Å²) in [5.74, 6) is 0.662. The molecule has 0 unspecified atom stereocenters. The number of benzene rings is 3. The second-order valence-electron chi connectivity index (χ2n) is 7.54. The molecule has 0 saturated heterocycles. The molecule has 0 aliphatic carbocycles. The Hall–Kier alpha value is -4.44. The molecule has 0 atom stereocenters. The van der Waals surface area contributed by atoms with Gasteiger partial charge in [0.25, 0.3) is 0 Å². The molecule has 0 bridgehead atoms. The maximum absolute atomic E-state index is 13.5. The molecule has 0 aliphatic heterocycles. The van der Waals surface area contributed by atoms with Gasteiger partial charge in [-0.25, -0.2) is 13.8 Å². The van der Waals surface area contributed by atoms with Gasteiger partial charge < -0.3 is 14.5 Å². The number of hydrogen-bond donors (Lipinski definition) is 1. The third kappa shape index (κ3) is 4.97. The van der Waals surface area contributed by atoms with Crippen molar-refractivity contribution < 1.29 is 18.3 Å². The van der Waals surface area contributed by atoms with E-state index >= 15 is 0 Å². The van der Waals surface area contributed by atoms with Crippen molar-refractivity contribution in [3.8, 4) is 17.6 Å². The maximum Gasteiger partial charge on any atom is 0.165 e. The first-order chi connectivity index (χ1) is 16.5. The minimum atomic E-state index is -0.389. The number of imidazole rings is 1. The predicted octanol–water partition coefficient (Wildman–Crippen LogP) is 6.22. The summed E-state index contributed by atoms with van der Waals surface area (Å²) in [5, 5.41) is 9.75. The summed E-state index contributed by atoms with van der Waals surface area (Å²) in [4.78, 5) is 7.39. The molecular weight excluding hydrogens is 436 g/mol. The second kappa shape index (κ2) is 10.0. The topological polar surface area (TPSA) is 70.9 Å². The largest absolute Gasteiger partial charge is 0.493 e. The van der Waals surface area contributed by atoms with E-state index in [1.165, 1.54) is 31.4 Å². The fraction of sp³-hybridized carbons (Fsp3) is 0.111. The first-order valence-electron chi connectivity index (χ1n) is 10.5. The van der Waals surface area contributed by atoms with Crippen molar-refractivity contribution in [2.75, 3.05) is 7.11 Å². The van der Waals surface area contributed by atoms with Crippen LogP contribution in [-0.2, 0) is 13.0 Å². The Kier molecular flexibility index (Phi) is 6.69. The lowest BCUT2D eigenvalue weighted by molar-refractivity contribution is 0.282. The van der Waals surface area contributed by atoms with Crippen LogP contribution in [0.2, 0.25) is 0 Å². The highest BCUT2D eigenvalue weighted by Gasteiger charge is 2.15. The molecule has 1 N–H and O–H groups in total. The highest BCUT2D eigenvalue weighted by Crippen LogP contribution is 2.35. The van der Waals surface area contributed by atoms with Gasteiger partial charge in [0.05, 0.1) is 23.7 Å². The van der Waals surface area contributed by atoms with Gasteiger partial charge in [0.2, 0.25) is 0 Å². The van der Waals surface area contributed by atoms with Crippen molar-refractivity contribution in [2.45, 2.75) is 13.0 Å². The summed E-state index contributed by atoms with van der Waals surface area (Å²) in [5.41, 5.74) is 3.67. The van der Waals surface area contributed by atoms with Gasteiger partial charge in [-0.15, -0.1) is 6.58 Å². The normalized spacial score (nSPS) is 11.3. The van der Waals surface area contributed by atoms with Crippen LogP contribution >= 0.6 is 0 Å². The first kappa shape index (κ1) is 22.7. The van der Waals surface area contributed by atoms with E-state index in [2.05, 4.69) is 22.6 Å². The molecule has 0 saturated carbocycles. The van der Waals surface area contributed by atoms with E-state index in [-0.39, 0.29) is 23.8 Å². The number of H-pyrrole nitrogens is 1. The van der Waals surface area contributed by atoms with Gasteiger partial charge >= 0.3 is 0 Å². The number of nitrogens with zero attached hydrogens (tertiary/aromatic N) is 2. The standard InChI is InChI=1S/C27H21F2N3O2/c1-3-4-19-11-18(12-20(15-30)27-31-23-10-9-22(29)14-24(23)32-27)13-25(33-2)26(19)34-16-17-5-7-21(28)8-6-17/h3,5-14H,1,4,16H2,2H3,(H,31,32)/b20-12-. The molecular formula is C27H21F2N3O2. The molecule has 4 aromatic rings. The van der Waals surface area contributed by atoms with Crippen LogP contribution in [0.25, 0.3) is 22.7 Å². The number of halogens is 2. The Labute approximate surface area is 195 Å². The van der Waals surface area contributed by atoms with Gasteiger partial charge in [-0.1, -0.05) is 18.2 Å². The number of methoxy groups -OCH3 is 1.